The van der Waals surface area contributed by atoms with Gasteiger partial charge < -0.3 is 15.2 Å². The Morgan fingerprint density at radius 2 is 2.14 bits per heavy atom. The Kier molecular flexibility index (Phi) is 4.42. The molecule has 1 aromatic rings. The van der Waals surface area contributed by atoms with E-state index < -0.39 is 5.97 Å². The molecule has 112 valence electrons. The Bertz CT molecular complexity index is 585. The third-order valence-electron chi connectivity index (χ3n) is 3.30. The highest BCUT2D eigenvalue weighted by molar-refractivity contribution is 5.96. The Morgan fingerprint density at radius 1 is 1.38 bits per heavy atom. The van der Waals surface area contributed by atoms with E-state index in [4.69, 9.17) is 5.11 Å². The van der Waals surface area contributed by atoms with Crippen molar-refractivity contribution in [1.82, 2.24) is 5.32 Å². The highest BCUT2D eigenvalue weighted by Crippen LogP contribution is 2.28. The number of esters is 1. The number of ether oxygens (including phenoxy) is 1. The topological polar surface area (TPSA) is 95.9 Å². The van der Waals surface area contributed by atoms with Gasteiger partial charge in [-0.25, -0.2) is 9.59 Å². The van der Waals surface area contributed by atoms with Crippen LogP contribution in [0.15, 0.2) is 18.2 Å². The number of carbonyl (C=O) groups excluding carboxylic acids is 2. The number of carbonyl (C=O) groups is 3. The maximum atomic E-state index is 12.0. The Balaban J connectivity index is 2.00. The standard InChI is InChI=1S/C14H16N2O5/c1-21-12(17)4-6-15-14(20)16-7-5-9-8-10(13(18)19)2-3-11(9)16/h2-3,8H,4-7H2,1H3,(H,15,20)(H,18,19). The molecule has 0 bridgehead atoms. The number of hydrogen-bond donors (Lipinski definition) is 2. The van der Waals surface area contributed by atoms with Crippen LogP contribution >= 0.6 is 0 Å². The van der Waals surface area contributed by atoms with E-state index in [-0.39, 0.29) is 30.5 Å². The molecule has 7 heteroatoms. The summed E-state index contributed by atoms with van der Waals surface area (Å²) in [5.41, 5.74) is 1.75. The van der Waals surface area contributed by atoms with Crippen LogP contribution < -0.4 is 10.2 Å². The van der Waals surface area contributed by atoms with E-state index in [0.717, 1.165) is 5.56 Å². The number of anilines is 1. The quantitative estimate of drug-likeness (QED) is 0.808. The van der Waals surface area contributed by atoms with Gasteiger partial charge in [0.25, 0.3) is 0 Å². The fourth-order valence-electron chi connectivity index (χ4n) is 2.21. The minimum absolute atomic E-state index is 0.112. The fraction of sp³-hybridized carbons (Fsp3) is 0.357. The SMILES string of the molecule is COC(=O)CCNC(=O)N1CCc2cc(C(=O)O)ccc21. The molecule has 0 saturated heterocycles. The first-order valence-electron chi connectivity index (χ1n) is 6.51. The van der Waals surface area contributed by atoms with Gasteiger partial charge in [0, 0.05) is 18.8 Å². The maximum Gasteiger partial charge on any atom is 0.335 e. The number of hydrogen-bond acceptors (Lipinski definition) is 4. The summed E-state index contributed by atoms with van der Waals surface area (Å²) in [5, 5.41) is 11.6. The lowest BCUT2D eigenvalue weighted by molar-refractivity contribution is -0.140. The molecule has 2 amide bonds. The molecule has 0 aliphatic carbocycles. The van der Waals surface area contributed by atoms with Crippen molar-refractivity contribution in [3.8, 4) is 0 Å². The van der Waals surface area contributed by atoms with E-state index in [1.54, 1.807) is 12.1 Å². The van der Waals surface area contributed by atoms with Gasteiger partial charge in [0.1, 0.15) is 0 Å². The zero-order valence-electron chi connectivity index (χ0n) is 11.6. The predicted molar refractivity (Wildman–Crippen MR) is 74.5 cm³/mol. The zero-order valence-corrected chi connectivity index (χ0v) is 11.6. The van der Waals surface area contributed by atoms with Gasteiger partial charge in [0.2, 0.25) is 0 Å². The largest absolute Gasteiger partial charge is 0.478 e. The first-order valence-corrected chi connectivity index (χ1v) is 6.51. The molecule has 1 heterocycles. The van der Waals surface area contributed by atoms with Crippen molar-refractivity contribution in [3.05, 3.63) is 29.3 Å². The van der Waals surface area contributed by atoms with Crippen molar-refractivity contribution >= 4 is 23.7 Å². The number of rotatable bonds is 4. The van der Waals surface area contributed by atoms with Crippen molar-refractivity contribution in [2.24, 2.45) is 0 Å². The Morgan fingerprint density at radius 3 is 2.81 bits per heavy atom. The van der Waals surface area contributed by atoms with Gasteiger partial charge in [-0.05, 0) is 30.2 Å². The van der Waals surface area contributed by atoms with Crippen molar-refractivity contribution in [2.45, 2.75) is 12.8 Å². The summed E-state index contributed by atoms with van der Waals surface area (Å²) in [6.07, 6.45) is 0.724. The molecule has 0 aromatic heterocycles. The summed E-state index contributed by atoms with van der Waals surface area (Å²) < 4.78 is 4.49. The average Bonchev–Trinajstić information content (AvgIpc) is 2.89. The normalized spacial score (nSPS) is 12.7. The summed E-state index contributed by atoms with van der Waals surface area (Å²) in [6, 6.07) is 4.38. The van der Waals surface area contributed by atoms with E-state index in [9.17, 15) is 14.4 Å². The number of nitrogens with zero attached hydrogens (tertiary/aromatic N) is 1. The molecule has 0 unspecified atom stereocenters. The summed E-state index contributed by atoms with van der Waals surface area (Å²) >= 11 is 0. The minimum atomic E-state index is -0.987. The zero-order chi connectivity index (χ0) is 15.4. The van der Waals surface area contributed by atoms with Crippen molar-refractivity contribution in [2.75, 3.05) is 25.1 Å². The van der Waals surface area contributed by atoms with Crippen LogP contribution in [-0.4, -0.2) is 43.3 Å². The molecular formula is C14H16N2O5. The van der Waals surface area contributed by atoms with Crippen LogP contribution in [0.5, 0.6) is 0 Å². The van der Waals surface area contributed by atoms with E-state index in [1.807, 2.05) is 0 Å². The molecular weight excluding hydrogens is 276 g/mol. The minimum Gasteiger partial charge on any atom is -0.478 e. The van der Waals surface area contributed by atoms with Gasteiger partial charge in [0.05, 0.1) is 19.1 Å². The van der Waals surface area contributed by atoms with Gasteiger partial charge in [-0.15, -0.1) is 0 Å². The lowest BCUT2D eigenvalue weighted by Crippen LogP contribution is -2.39. The molecule has 0 spiro atoms. The highest BCUT2D eigenvalue weighted by atomic mass is 16.5. The number of urea groups is 1. The third kappa shape index (κ3) is 3.31. The molecule has 2 rings (SSSR count). The molecule has 1 aliphatic rings. The molecule has 2 N–H and O–H groups in total. The summed E-state index contributed by atoms with van der Waals surface area (Å²) in [7, 11) is 1.29. The smallest absolute Gasteiger partial charge is 0.335 e. The van der Waals surface area contributed by atoms with Gasteiger partial charge >= 0.3 is 18.0 Å². The van der Waals surface area contributed by atoms with Crippen molar-refractivity contribution < 1.29 is 24.2 Å². The Labute approximate surface area is 121 Å². The van der Waals surface area contributed by atoms with Gasteiger partial charge in [-0.3, -0.25) is 9.69 Å². The number of benzene rings is 1. The number of nitrogens with one attached hydrogen (secondary N) is 1. The summed E-state index contributed by atoms with van der Waals surface area (Å²) in [5.74, 6) is -1.37. The van der Waals surface area contributed by atoms with Gasteiger partial charge in [0.15, 0.2) is 0 Å². The molecule has 1 aliphatic heterocycles. The number of fused-ring (bicyclic) bond motifs is 1. The lowest BCUT2D eigenvalue weighted by atomic mass is 10.1. The van der Waals surface area contributed by atoms with E-state index >= 15 is 0 Å². The third-order valence-corrected chi connectivity index (χ3v) is 3.30. The average molecular weight is 292 g/mol. The van der Waals surface area contributed by atoms with Crippen LogP contribution in [0.1, 0.15) is 22.3 Å². The van der Waals surface area contributed by atoms with Crippen molar-refractivity contribution in [3.63, 3.8) is 0 Å². The molecule has 0 fully saturated rings. The number of aromatic carboxylic acids is 1. The first kappa shape index (κ1) is 14.8. The number of methoxy groups -OCH3 is 1. The van der Waals surface area contributed by atoms with Crippen LogP contribution in [0.4, 0.5) is 10.5 Å². The van der Waals surface area contributed by atoms with Crippen LogP contribution in [0.3, 0.4) is 0 Å². The fourth-order valence-corrected chi connectivity index (χ4v) is 2.21. The van der Waals surface area contributed by atoms with E-state index in [2.05, 4.69) is 10.1 Å². The second-order valence-electron chi connectivity index (χ2n) is 4.61. The lowest BCUT2D eigenvalue weighted by Gasteiger charge is -2.18. The molecule has 0 radical (unpaired) electrons. The molecule has 1 aromatic carbocycles. The summed E-state index contributed by atoms with van der Waals surface area (Å²) in [6.45, 7) is 0.688. The van der Waals surface area contributed by atoms with Gasteiger partial charge in [-0.2, -0.15) is 0 Å². The molecule has 0 saturated carbocycles. The summed E-state index contributed by atoms with van der Waals surface area (Å²) in [4.78, 5) is 35.5. The highest BCUT2D eigenvalue weighted by Gasteiger charge is 2.25. The number of carboxylic acids is 1. The van der Waals surface area contributed by atoms with E-state index in [1.165, 1.54) is 18.1 Å². The maximum absolute atomic E-state index is 12.0. The number of amides is 2. The number of carboxylic acid groups (broad SMARTS) is 1. The van der Waals surface area contributed by atoms with Gasteiger partial charge in [-0.1, -0.05) is 0 Å². The predicted octanol–water partition coefficient (Wildman–Crippen LogP) is 1.02. The van der Waals surface area contributed by atoms with Crippen LogP contribution in [0.2, 0.25) is 0 Å². The van der Waals surface area contributed by atoms with Crippen LogP contribution in [0, 0.1) is 0 Å². The monoisotopic (exact) mass is 292 g/mol. The molecule has 21 heavy (non-hydrogen) atoms. The van der Waals surface area contributed by atoms with E-state index in [0.29, 0.717) is 18.7 Å². The van der Waals surface area contributed by atoms with Crippen LogP contribution in [-0.2, 0) is 16.0 Å². The van der Waals surface area contributed by atoms with Crippen LogP contribution in [0.25, 0.3) is 0 Å². The Hall–Kier alpha value is -2.57. The second-order valence-corrected chi connectivity index (χ2v) is 4.61. The van der Waals surface area contributed by atoms with Crippen molar-refractivity contribution in [1.29, 1.82) is 0 Å². The molecule has 7 nitrogen and oxygen atoms in total. The molecule has 0 atom stereocenters. The second kappa shape index (κ2) is 6.25. The first-order chi connectivity index (χ1) is 10.0.